The first-order chi connectivity index (χ1) is 42.3. The third-order valence-corrected chi connectivity index (χ3v) is 16.5. The molecule has 89 heavy (non-hydrogen) atoms. The summed E-state index contributed by atoms with van der Waals surface area (Å²) in [6, 6.07) is 41.7. The number of aryl methyl sites for hydroxylation is 6. The number of rotatable bonds is 9. The Bertz CT molecular complexity index is 4030. The van der Waals surface area contributed by atoms with Gasteiger partial charge in [0, 0.05) is 110 Å². The number of hydrogen-bond donors (Lipinski definition) is 1. The van der Waals surface area contributed by atoms with Crippen molar-refractivity contribution in [1.29, 1.82) is 0 Å². The van der Waals surface area contributed by atoms with E-state index in [4.69, 9.17) is 18.8 Å². The third-order valence-electron chi connectivity index (χ3n) is 14.4. The predicted molar refractivity (Wildman–Crippen MR) is 357 cm³/mol. The minimum Gasteiger partial charge on any atom is -0.473 e. The van der Waals surface area contributed by atoms with Gasteiger partial charge in [-0.15, -0.1) is 0 Å². The summed E-state index contributed by atoms with van der Waals surface area (Å²) >= 11 is 9.63. The van der Waals surface area contributed by atoms with Crippen LogP contribution in [0.5, 0.6) is 11.8 Å². The number of ketones is 1. The number of amides is 2. The second-order valence-corrected chi connectivity index (χ2v) is 24.1. The van der Waals surface area contributed by atoms with E-state index in [2.05, 4.69) is 63.1 Å². The minimum absolute atomic E-state index is 0.00231. The van der Waals surface area contributed by atoms with Crippen LogP contribution in [-0.2, 0) is 65.1 Å². The van der Waals surface area contributed by atoms with E-state index >= 15 is 0 Å². The van der Waals surface area contributed by atoms with Crippen LogP contribution in [0.2, 0.25) is 0 Å². The lowest BCUT2D eigenvalue weighted by atomic mass is 9.80. The normalized spacial score (nSPS) is 15.1. The van der Waals surface area contributed by atoms with Crippen LogP contribution >= 0.6 is 47.8 Å². The van der Waals surface area contributed by atoms with Gasteiger partial charge in [-0.1, -0.05) is 84.9 Å². The molecule has 0 bridgehead atoms. The van der Waals surface area contributed by atoms with Gasteiger partial charge < -0.3 is 37.1 Å². The Balaban J connectivity index is 0.000000175. The topological polar surface area (TPSA) is 214 Å². The smallest absolute Gasteiger partial charge is 0.473 e. The molecule has 2 amide bonds. The number of hydrogen-bond acceptors (Lipinski definition) is 13. The van der Waals surface area contributed by atoms with Crippen molar-refractivity contribution >= 4 is 78.0 Å². The predicted octanol–water partition coefficient (Wildman–Crippen LogP) is 10.6. The second-order valence-electron chi connectivity index (χ2n) is 21.6. The first-order valence-corrected chi connectivity index (χ1v) is 30.6. The maximum absolute atomic E-state index is 12.2. The molecule has 3 aliphatic rings. The molecule has 1 N–H and O–H groups in total. The number of halogens is 3. The highest BCUT2D eigenvalue weighted by Crippen LogP contribution is 2.36. The first kappa shape index (κ1) is 69.9. The maximum atomic E-state index is 12.2. The Labute approximate surface area is 542 Å². The van der Waals surface area contributed by atoms with Crippen LogP contribution in [-0.4, -0.2) is 64.2 Å². The summed E-state index contributed by atoms with van der Waals surface area (Å²) in [6.07, 6.45) is 13.5. The molecule has 0 spiro atoms. The zero-order valence-electron chi connectivity index (χ0n) is 51.2. The highest BCUT2D eigenvalue weighted by Gasteiger charge is 2.52. The van der Waals surface area contributed by atoms with Gasteiger partial charge in [0.05, 0.1) is 31.8 Å². The molecular formula is C67H71BBr3N7O11. The van der Waals surface area contributed by atoms with Gasteiger partial charge in [-0.2, -0.15) is 0 Å². The molecule has 18 nitrogen and oxygen atoms in total. The number of aromatic nitrogens is 6. The van der Waals surface area contributed by atoms with Crippen LogP contribution in [0.15, 0.2) is 209 Å². The van der Waals surface area contributed by atoms with E-state index in [1.165, 1.54) is 13.7 Å². The van der Waals surface area contributed by atoms with Crippen LogP contribution in [0.1, 0.15) is 81.0 Å². The molecule has 8 heterocycles. The Hall–Kier alpha value is -8.15. The molecular weight excluding hydrogens is 1330 g/mol. The number of carbonyl (C=O) groups excluding carboxylic acids is 3. The second kappa shape index (κ2) is 32.9. The van der Waals surface area contributed by atoms with Gasteiger partial charge in [0.2, 0.25) is 29.1 Å². The Morgan fingerprint density at radius 2 is 1.07 bits per heavy atom. The van der Waals surface area contributed by atoms with Crippen molar-refractivity contribution < 1.29 is 33.2 Å². The fourth-order valence-corrected chi connectivity index (χ4v) is 9.46. The van der Waals surface area contributed by atoms with E-state index in [0.717, 1.165) is 32.6 Å². The molecule has 1 atom stereocenters. The fourth-order valence-electron chi connectivity index (χ4n) is 8.49. The molecule has 8 aromatic rings. The van der Waals surface area contributed by atoms with Crippen LogP contribution in [0, 0.1) is 13.8 Å². The summed E-state index contributed by atoms with van der Waals surface area (Å²) < 4.78 is 31.3. The van der Waals surface area contributed by atoms with Crippen molar-refractivity contribution in [3.8, 4) is 22.9 Å². The molecule has 0 radical (unpaired) electrons. The summed E-state index contributed by atoms with van der Waals surface area (Å²) in [5, 5.41) is 2.25. The largest absolute Gasteiger partial charge is 0.500 e. The molecule has 22 heteroatoms. The van der Waals surface area contributed by atoms with E-state index in [9.17, 15) is 33.6 Å². The Morgan fingerprint density at radius 3 is 1.57 bits per heavy atom. The summed E-state index contributed by atoms with van der Waals surface area (Å²) in [6.45, 7) is 12.7. The van der Waals surface area contributed by atoms with E-state index in [1.54, 1.807) is 94.0 Å². The lowest BCUT2D eigenvalue weighted by molar-refractivity contribution is -0.134. The number of ether oxygens (including phenoxy) is 2. The Morgan fingerprint density at radius 1 is 0.562 bits per heavy atom. The van der Waals surface area contributed by atoms with Gasteiger partial charge in [0.15, 0.2) is 5.78 Å². The SMILES string of the molecule is Cc1nc(OCc2ccccc2)ccc1-c1cccn(C)c1=O.Cc1nc(OCc2ccccc2)ccc1Br.Cn1cccc(B2OC(C)(C)C(C)(C)O2)c1=O.Cn1cccc(Br)c1=O.Cn1cccc(C2CCC(=O)NC2=O)c1=O.O=C1CC=CC=C1Br. The zero-order valence-corrected chi connectivity index (χ0v) is 56.0. The summed E-state index contributed by atoms with van der Waals surface area (Å²) in [5.41, 5.74) is 5.30. The van der Waals surface area contributed by atoms with Crippen molar-refractivity contribution in [1.82, 2.24) is 33.6 Å². The standard InChI is InChI=1S/C19H18N2O2.C13H12BrNO.C12H18BNO3.C11H12N2O3.C6H6BrNO.C6H5BrO/c1-14-16(17-9-6-12-21(2)19(17)22)10-11-18(20-14)23-13-15-7-4-3-5-8-15;1-10-12(14)7-8-13(15-10)16-9-11-5-3-2-4-6-11;1-11(2)12(3,4)17-13(16-11)9-7-6-8-14(5)10(9)15;1-13-6-2-3-8(11(13)16)7-4-5-9(14)12-10(7)15;1-8-4-2-3-5(7)6(8)9;7-5-3-1-2-4-6(5)8/h3-12H,13H2,1-2H3;2-8H,9H2,1H3;6-8H,1-5H3;2-3,6-7H,4-5H2,1H3,(H,12,14,15);2-4H,1H3;1-3H,4H2. The molecule has 1 aliphatic carbocycles. The average molecular weight is 1400 g/mol. The van der Waals surface area contributed by atoms with E-state index in [0.29, 0.717) is 63.4 Å². The molecule has 2 aromatic carbocycles. The third kappa shape index (κ3) is 20.2. The first-order valence-electron chi connectivity index (χ1n) is 28.2. The van der Waals surface area contributed by atoms with Crippen LogP contribution in [0.25, 0.3) is 11.1 Å². The summed E-state index contributed by atoms with van der Waals surface area (Å²) in [5.74, 6) is 0.228. The van der Waals surface area contributed by atoms with Gasteiger partial charge in [0.1, 0.15) is 13.2 Å². The summed E-state index contributed by atoms with van der Waals surface area (Å²) in [7, 11) is 6.23. The number of carbonyl (C=O) groups is 3. The molecule has 464 valence electrons. The van der Waals surface area contributed by atoms with Crippen molar-refractivity contribution in [2.24, 2.45) is 28.2 Å². The van der Waals surface area contributed by atoms with Gasteiger partial charge in [-0.05, 0) is 161 Å². The van der Waals surface area contributed by atoms with Crippen LogP contribution in [0.3, 0.4) is 0 Å². The van der Waals surface area contributed by atoms with Crippen molar-refractivity contribution in [3.63, 3.8) is 0 Å². The molecule has 2 fully saturated rings. The minimum atomic E-state index is -0.583. The zero-order chi connectivity index (χ0) is 65.0. The molecule has 11 rings (SSSR count). The highest BCUT2D eigenvalue weighted by atomic mass is 79.9. The van der Waals surface area contributed by atoms with Crippen LogP contribution < -0.4 is 42.5 Å². The van der Waals surface area contributed by atoms with Crippen molar-refractivity contribution in [2.45, 2.75) is 91.1 Å². The number of allylic oxidation sites excluding steroid dienone is 4. The number of Topliss-reactive ketones (excluding diaryl/α,β-unsaturated/α-hetero) is 1. The molecule has 2 aliphatic heterocycles. The number of pyridine rings is 6. The molecule has 0 saturated carbocycles. The number of benzene rings is 2. The number of nitrogens with zero attached hydrogens (tertiary/aromatic N) is 6. The summed E-state index contributed by atoms with van der Waals surface area (Å²) in [4.78, 5) is 88.9. The van der Waals surface area contributed by atoms with Crippen LogP contribution in [0.4, 0.5) is 0 Å². The monoisotopic (exact) mass is 1400 g/mol. The lowest BCUT2D eigenvalue weighted by Crippen LogP contribution is -2.46. The Kier molecular flexibility index (Phi) is 25.9. The fraction of sp³-hybridized carbons (Fsp3) is 0.269. The number of nitrogens with one attached hydrogen (secondary N) is 1. The average Bonchev–Trinajstić information content (AvgIpc) is 1.72. The molecule has 1 unspecified atom stereocenters. The highest BCUT2D eigenvalue weighted by molar-refractivity contribution is 9.12. The molecule has 6 aromatic heterocycles. The lowest BCUT2D eigenvalue weighted by Gasteiger charge is -2.32. The van der Waals surface area contributed by atoms with Gasteiger partial charge in [0.25, 0.3) is 16.7 Å². The van der Waals surface area contributed by atoms with Gasteiger partial charge >= 0.3 is 7.12 Å². The van der Waals surface area contributed by atoms with E-state index in [1.807, 2.05) is 157 Å². The van der Waals surface area contributed by atoms with E-state index < -0.39 is 24.2 Å². The van der Waals surface area contributed by atoms with Gasteiger partial charge in [-0.25, -0.2) is 9.97 Å². The van der Waals surface area contributed by atoms with Gasteiger partial charge in [-0.3, -0.25) is 38.9 Å². The van der Waals surface area contributed by atoms with E-state index in [-0.39, 0.29) is 46.3 Å². The number of imide groups is 1. The van der Waals surface area contributed by atoms with Crippen molar-refractivity contribution in [2.75, 3.05) is 0 Å². The van der Waals surface area contributed by atoms with Crippen molar-refractivity contribution in [3.05, 3.63) is 259 Å². The quantitative estimate of drug-likeness (QED) is 0.105. The maximum Gasteiger partial charge on any atom is 0.500 e. The number of piperidine rings is 1. The molecule has 2 saturated heterocycles.